The Kier molecular flexibility index (Phi) is 4.08. The Bertz CT molecular complexity index is 611. The summed E-state index contributed by atoms with van der Waals surface area (Å²) in [6.07, 6.45) is 6.21. The maximum Gasteiger partial charge on any atom is 0.170 e. The van der Waals surface area contributed by atoms with Crippen LogP contribution < -0.4 is 0 Å². The molecule has 1 aromatic heterocycles. The van der Waals surface area contributed by atoms with E-state index in [1.807, 2.05) is 35.9 Å². The Labute approximate surface area is 124 Å². The Hall–Kier alpha value is -2.04. The lowest BCUT2D eigenvalue weighted by atomic mass is 9.95. The number of Topliss-reactive ketones (excluding diaryl/α,β-unsaturated/α-hetero) is 1. The number of hydrogen-bond donors (Lipinski definition) is 0. The lowest BCUT2D eigenvalue weighted by Gasteiger charge is -2.22. The van der Waals surface area contributed by atoms with E-state index in [0.29, 0.717) is 11.9 Å². The fraction of sp³-hybridized carbons (Fsp3) is 0.500. The van der Waals surface area contributed by atoms with Crippen LogP contribution in [0.25, 0.3) is 0 Å². The molecule has 0 atom stereocenters. The number of tetrazole rings is 1. The molecular formula is C16H20N4O. The van der Waals surface area contributed by atoms with Crippen molar-refractivity contribution in [1.29, 1.82) is 0 Å². The number of hydrogen-bond acceptors (Lipinski definition) is 4. The summed E-state index contributed by atoms with van der Waals surface area (Å²) in [7, 11) is 0. The van der Waals surface area contributed by atoms with E-state index in [2.05, 4.69) is 15.5 Å². The van der Waals surface area contributed by atoms with Crippen LogP contribution in [0, 0.1) is 6.92 Å². The third-order valence-electron chi connectivity index (χ3n) is 4.17. The van der Waals surface area contributed by atoms with E-state index >= 15 is 0 Å². The molecule has 1 aliphatic carbocycles. The minimum Gasteiger partial charge on any atom is -0.294 e. The number of rotatable bonds is 4. The highest BCUT2D eigenvalue weighted by atomic mass is 16.1. The van der Waals surface area contributed by atoms with Gasteiger partial charge in [0, 0.05) is 5.56 Å². The van der Waals surface area contributed by atoms with Crippen LogP contribution in [0.4, 0.5) is 0 Å². The third-order valence-corrected chi connectivity index (χ3v) is 4.17. The number of ketones is 1. The zero-order valence-corrected chi connectivity index (χ0v) is 12.3. The molecule has 1 heterocycles. The summed E-state index contributed by atoms with van der Waals surface area (Å²) in [6, 6.07) is 8.00. The molecule has 0 saturated heterocycles. The van der Waals surface area contributed by atoms with Gasteiger partial charge in [0.2, 0.25) is 0 Å². The summed E-state index contributed by atoms with van der Waals surface area (Å²) in [6.45, 7) is 2.01. The quantitative estimate of drug-likeness (QED) is 0.810. The van der Waals surface area contributed by atoms with Crippen molar-refractivity contribution in [2.24, 2.45) is 0 Å². The lowest BCUT2D eigenvalue weighted by Crippen LogP contribution is -2.19. The normalized spacial score (nSPS) is 16.0. The van der Waals surface area contributed by atoms with Gasteiger partial charge in [0.25, 0.3) is 0 Å². The second-order valence-electron chi connectivity index (χ2n) is 5.80. The van der Waals surface area contributed by atoms with Crippen molar-refractivity contribution in [3.8, 4) is 0 Å². The number of benzene rings is 1. The van der Waals surface area contributed by atoms with Gasteiger partial charge in [-0.1, -0.05) is 49.1 Å². The predicted octanol–water partition coefficient (Wildman–Crippen LogP) is 2.91. The molecule has 0 bridgehead atoms. The third kappa shape index (κ3) is 3.17. The van der Waals surface area contributed by atoms with Crippen LogP contribution in [-0.4, -0.2) is 26.0 Å². The van der Waals surface area contributed by atoms with Gasteiger partial charge in [-0.2, -0.15) is 0 Å². The van der Waals surface area contributed by atoms with Gasteiger partial charge in [-0.15, -0.1) is 5.10 Å². The molecule has 1 fully saturated rings. The predicted molar refractivity (Wildman–Crippen MR) is 79.2 cm³/mol. The molecule has 0 amide bonds. The Morgan fingerprint density at radius 3 is 2.62 bits per heavy atom. The zero-order valence-electron chi connectivity index (χ0n) is 12.3. The molecule has 2 aromatic rings. The number of aromatic nitrogens is 4. The molecular weight excluding hydrogens is 264 g/mol. The molecule has 5 heteroatoms. The van der Waals surface area contributed by atoms with Crippen LogP contribution in [0.2, 0.25) is 0 Å². The molecule has 1 saturated carbocycles. The van der Waals surface area contributed by atoms with Gasteiger partial charge in [-0.05, 0) is 30.2 Å². The van der Waals surface area contributed by atoms with Crippen LogP contribution in [0.15, 0.2) is 24.3 Å². The first-order valence-corrected chi connectivity index (χ1v) is 7.60. The van der Waals surface area contributed by atoms with E-state index in [1.165, 1.54) is 19.3 Å². The standard InChI is InChI=1S/C16H20N4O/c1-12-7-9-13(10-8-12)15(21)11-16-17-18-19-20(16)14-5-3-2-4-6-14/h7-10,14H,2-6,11H2,1H3. The van der Waals surface area contributed by atoms with E-state index in [4.69, 9.17) is 0 Å². The van der Waals surface area contributed by atoms with Gasteiger partial charge in [0.15, 0.2) is 11.6 Å². The number of aryl methyl sites for hydroxylation is 1. The Morgan fingerprint density at radius 1 is 1.19 bits per heavy atom. The summed E-state index contributed by atoms with van der Waals surface area (Å²) in [5, 5.41) is 11.9. The summed E-state index contributed by atoms with van der Waals surface area (Å²) in [5.41, 5.74) is 1.87. The van der Waals surface area contributed by atoms with Gasteiger partial charge in [0.05, 0.1) is 12.5 Å². The van der Waals surface area contributed by atoms with Gasteiger partial charge < -0.3 is 0 Å². The van der Waals surface area contributed by atoms with Crippen LogP contribution in [-0.2, 0) is 6.42 Å². The van der Waals surface area contributed by atoms with Crippen LogP contribution in [0.1, 0.15) is 59.9 Å². The number of carbonyl (C=O) groups is 1. The van der Waals surface area contributed by atoms with E-state index in [-0.39, 0.29) is 12.2 Å². The molecule has 0 unspecified atom stereocenters. The molecule has 0 radical (unpaired) electrons. The van der Waals surface area contributed by atoms with Crippen LogP contribution >= 0.6 is 0 Å². The van der Waals surface area contributed by atoms with Crippen LogP contribution in [0.3, 0.4) is 0 Å². The minimum absolute atomic E-state index is 0.0712. The maximum absolute atomic E-state index is 12.3. The van der Waals surface area contributed by atoms with E-state index in [1.54, 1.807) is 0 Å². The van der Waals surface area contributed by atoms with Crippen molar-refractivity contribution in [2.45, 2.75) is 51.5 Å². The molecule has 0 N–H and O–H groups in total. The average molecular weight is 284 g/mol. The molecule has 0 spiro atoms. The largest absolute Gasteiger partial charge is 0.294 e. The summed E-state index contributed by atoms with van der Waals surface area (Å²) >= 11 is 0. The van der Waals surface area contributed by atoms with Crippen molar-refractivity contribution in [3.05, 3.63) is 41.2 Å². The van der Waals surface area contributed by atoms with Crippen molar-refractivity contribution >= 4 is 5.78 Å². The van der Waals surface area contributed by atoms with Crippen molar-refractivity contribution < 1.29 is 4.79 Å². The topological polar surface area (TPSA) is 60.7 Å². The molecule has 5 nitrogen and oxygen atoms in total. The van der Waals surface area contributed by atoms with Crippen LogP contribution in [0.5, 0.6) is 0 Å². The number of carbonyl (C=O) groups excluding carboxylic acids is 1. The highest BCUT2D eigenvalue weighted by Crippen LogP contribution is 2.28. The van der Waals surface area contributed by atoms with Crippen molar-refractivity contribution in [2.75, 3.05) is 0 Å². The second-order valence-corrected chi connectivity index (χ2v) is 5.80. The van der Waals surface area contributed by atoms with Gasteiger partial charge in [0.1, 0.15) is 0 Å². The lowest BCUT2D eigenvalue weighted by molar-refractivity contribution is 0.0988. The fourth-order valence-electron chi connectivity index (χ4n) is 2.92. The molecule has 21 heavy (non-hydrogen) atoms. The fourth-order valence-corrected chi connectivity index (χ4v) is 2.92. The average Bonchev–Trinajstić information content (AvgIpc) is 2.97. The van der Waals surface area contributed by atoms with Gasteiger partial charge in [-0.3, -0.25) is 4.79 Å². The molecule has 1 aliphatic rings. The van der Waals surface area contributed by atoms with Crippen molar-refractivity contribution in [3.63, 3.8) is 0 Å². The van der Waals surface area contributed by atoms with Gasteiger partial charge in [-0.25, -0.2) is 4.68 Å². The Balaban J connectivity index is 1.74. The summed E-state index contributed by atoms with van der Waals surface area (Å²) in [4.78, 5) is 12.3. The first kappa shape index (κ1) is 13.9. The molecule has 3 rings (SSSR count). The molecule has 0 aliphatic heterocycles. The second kappa shape index (κ2) is 6.16. The minimum atomic E-state index is 0.0712. The summed E-state index contributed by atoms with van der Waals surface area (Å²) in [5.74, 6) is 0.759. The summed E-state index contributed by atoms with van der Waals surface area (Å²) < 4.78 is 1.87. The van der Waals surface area contributed by atoms with E-state index in [0.717, 1.165) is 24.0 Å². The van der Waals surface area contributed by atoms with Crippen molar-refractivity contribution in [1.82, 2.24) is 20.2 Å². The SMILES string of the molecule is Cc1ccc(C(=O)Cc2nnnn2C2CCCCC2)cc1. The zero-order chi connectivity index (χ0) is 14.7. The number of nitrogens with zero attached hydrogens (tertiary/aromatic N) is 4. The highest BCUT2D eigenvalue weighted by Gasteiger charge is 2.21. The maximum atomic E-state index is 12.3. The molecule has 110 valence electrons. The first-order valence-electron chi connectivity index (χ1n) is 7.60. The molecule has 1 aromatic carbocycles. The van der Waals surface area contributed by atoms with Gasteiger partial charge >= 0.3 is 0 Å². The van der Waals surface area contributed by atoms with E-state index in [9.17, 15) is 4.79 Å². The van der Waals surface area contributed by atoms with E-state index < -0.39 is 0 Å². The smallest absolute Gasteiger partial charge is 0.170 e. The Morgan fingerprint density at radius 2 is 1.90 bits per heavy atom. The first-order chi connectivity index (χ1) is 10.2. The highest BCUT2D eigenvalue weighted by molar-refractivity contribution is 5.97. The monoisotopic (exact) mass is 284 g/mol.